The molecule has 2 saturated heterocycles. The van der Waals surface area contributed by atoms with Crippen LogP contribution in [0.4, 0.5) is 0 Å². The van der Waals surface area contributed by atoms with Crippen LogP contribution in [0.15, 0.2) is 42.0 Å². The molecule has 216 valence electrons. The molecule has 2 aliphatic rings. The van der Waals surface area contributed by atoms with E-state index in [4.69, 9.17) is 32.7 Å². The molecule has 0 radical (unpaired) electrons. The van der Waals surface area contributed by atoms with Gasteiger partial charge in [-0.25, -0.2) is 0 Å². The Kier molecular flexibility index (Phi) is 10.7. The highest BCUT2D eigenvalue weighted by Crippen LogP contribution is 2.34. The third-order valence-electron chi connectivity index (χ3n) is 7.86. The summed E-state index contributed by atoms with van der Waals surface area (Å²) in [5.41, 5.74) is 3.24. The van der Waals surface area contributed by atoms with E-state index in [-0.39, 0.29) is 5.91 Å². The van der Waals surface area contributed by atoms with Gasteiger partial charge in [-0.2, -0.15) is 0 Å². The number of carboxylic acids is 1. The normalized spacial score (nSPS) is 20.9. The molecular formula is C31H38Cl2N2O5. The van der Waals surface area contributed by atoms with Crippen LogP contribution in [0.3, 0.4) is 0 Å². The second-order valence-corrected chi connectivity index (χ2v) is 11.4. The third kappa shape index (κ3) is 7.25. The maximum Gasteiger partial charge on any atom is 0.311 e. The first-order valence-corrected chi connectivity index (χ1v) is 14.7. The molecular weight excluding hydrogens is 551 g/mol. The maximum absolute atomic E-state index is 13.7. The monoisotopic (exact) mass is 588 g/mol. The minimum Gasteiger partial charge on any atom is -0.481 e. The molecule has 9 heteroatoms. The molecule has 2 fully saturated rings. The van der Waals surface area contributed by atoms with Gasteiger partial charge in [0.2, 0.25) is 5.91 Å². The number of carboxylic acid groups (broad SMARTS) is 1. The van der Waals surface area contributed by atoms with Gasteiger partial charge in [0.25, 0.3) is 0 Å². The van der Waals surface area contributed by atoms with Crippen molar-refractivity contribution in [3.8, 4) is 0 Å². The number of nitrogens with zero attached hydrogens (tertiary/aromatic N) is 1. The zero-order valence-electron chi connectivity index (χ0n) is 23.2. The van der Waals surface area contributed by atoms with E-state index in [0.29, 0.717) is 67.9 Å². The summed E-state index contributed by atoms with van der Waals surface area (Å²) in [6.07, 6.45) is 4.34. The van der Waals surface area contributed by atoms with Gasteiger partial charge in [-0.15, -0.1) is 0 Å². The van der Waals surface area contributed by atoms with Gasteiger partial charge < -0.3 is 19.9 Å². The lowest BCUT2D eigenvalue weighted by molar-refractivity contribution is -0.139. The van der Waals surface area contributed by atoms with E-state index in [1.807, 2.05) is 50.3 Å². The number of aliphatic carboxylic acids is 1. The van der Waals surface area contributed by atoms with Crippen LogP contribution < -0.4 is 5.32 Å². The number of hydrogen-bond donors (Lipinski definition) is 2. The SMILES string of the molecule is CCC/C(=C\c1c(C)ccc(Cl)c1Cl)C(=O)NC1(c2ccc(C(CCN3CCOCC3)C(=O)O)cc2)CCOC1. The highest BCUT2D eigenvalue weighted by Gasteiger charge is 2.39. The number of nitrogens with one attached hydrogen (secondary N) is 1. The van der Waals surface area contributed by atoms with E-state index < -0.39 is 17.4 Å². The second kappa shape index (κ2) is 14.0. The number of halogens is 2. The number of rotatable bonds is 11. The topological polar surface area (TPSA) is 88.1 Å². The molecule has 2 heterocycles. The molecule has 0 bridgehead atoms. The number of aryl methyl sites for hydroxylation is 1. The van der Waals surface area contributed by atoms with Crippen molar-refractivity contribution < 1.29 is 24.2 Å². The van der Waals surface area contributed by atoms with Crippen molar-refractivity contribution in [2.24, 2.45) is 0 Å². The number of ether oxygens (including phenoxy) is 2. The fourth-order valence-corrected chi connectivity index (χ4v) is 5.83. The van der Waals surface area contributed by atoms with E-state index in [1.54, 1.807) is 6.07 Å². The third-order valence-corrected chi connectivity index (χ3v) is 8.67. The molecule has 2 aromatic rings. The van der Waals surface area contributed by atoms with Gasteiger partial charge in [0, 0.05) is 31.7 Å². The van der Waals surface area contributed by atoms with Crippen LogP contribution >= 0.6 is 23.2 Å². The number of amides is 1. The lowest BCUT2D eigenvalue weighted by Gasteiger charge is -2.31. The van der Waals surface area contributed by atoms with Crippen LogP contribution in [0, 0.1) is 6.92 Å². The molecule has 7 nitrogen and oxygen atoms in total. The Morgan fingerprint density at radius 2 is 1.82 bits per heavy atom. The van der Waals surface area contributed by atoms with E-state index in [9.17, 15) is 14.7 Å². The maximum atomic E-state index is 13.7. The van der Waals surface area contributed by atoms with Crippen LogP contribution in [0.1, 0.15) is 60.8 Å². The van der Waals surface area contributed by atoms with Crippen molar-refractivity contribution in [1.29, 1.82) is 0 Å². The Morgan fingerprint density at radius 3 is 2.45 bits per heavy atom. The summed E-state index contributed by atoms with van der Waals surface area (Å²) in [5, 5.41) is 14.1. The Labute approximate surface area is 246 Å². The van der Waals surface area contributed by atoms with Crippen LogP contribution in [-0.2, 0) is 24.6 Å². The lowest BCUT2D eigenvalue weighted by Crippen LogP contribution is -2.47. The predicted octanol–water partition coefficient (Wildman–Crippen LogP) is 5.81. The number of carbonyl (C=O) groups excluding carboxylic acids is 1. The summed E-state index contributed by atoms with van der Waals surface area (Å²) in [5.74, 6) is -1.62. The van der Waals surface area contributed by atoms with Crippen LogP contribution in [0.25, 0.3) is 6.08 Å². The average Bonchev–Trinajstić information content (AvgIpc) is 3.43. The lowest BCUT2D eigenvalue weighted by atomic mass is 9.86. The molecule has 1 amide bonds. The van der Waals surface area contributed by atoms with Crippen molar-refractivity contribution in [3.63, 3.8) is 0 Å². The Morgan fingerprint density at radius 1 is 1.10 bits per heavy atom. The van der Waals surface area contributed by atoms with E-state index in [2.05, 4.69) is 10.2 Å². The Balaban J connectivity index is 1.54. The van der Waals surface area contributed by atoms with E-state index >= 15 is 0 Å². The summed E-state index contributed by atoms with van der Waals surface area (Å²) in [7, 11) is 0. The van der Waals surface area contributed by atoms with Crippen LogP contribution in [0.5, 0.6) is 0 Å². The molecule has 4 rings (SSSR count). The zero-order valence-corrected chi connectivity index (χ0v) is 24.7. The van der Waals surface area contributed by atoms with E-state index in [0.717, 1.165) is 41.8 Å². The first kappa shape index (κ1) is 30.5. The quantitative estimate of drug-likeness (QED) is 0.322. The summed E-state index contributed by atoms with van der Waals surface area (Å²) in [6, 6.07) is 11.2. The van der Waals surface area contributed by atoms with Crippen molar-refractivity contribution >= 4 is 41.2 Å². The first-order valence-electron chi connectivity index (χ1n) is 13.9. The summed E-state index contributed by atoms with van der Waals surface area (Å²) in [4.78, 5) is 28.1. The van der Waals surface area contributed by atoms with Gasteiger partial charge in [-0.05, 0) is 60.7 Å². The molecule has 0 saturated carbocycles. The molecule has 0 aromatic heterocycles. The Hall–Kier alpha value is -2.42. The first-order chi connectivity index (χ1) is 19.2. The zero-order chi connectivity index (χ0) is 28.7. The summed E-state index contributed by atoms with van der Waals surface area (Å²) < 4.78 is 11.2. The van der Waals surface area contributed by atoms with Gasteiger partial charge in [0.15, 0.2) is 0 Å². The number of carbonyl (C=O) groups is 2. The van der Waals surface area contributed by atoms with Crippen LogP contribution in [-0.4, -0.2) is 67.9 Å². The molecule has 0 aliphatic carbocycles. The number of benzene rings is 2. The minimum absolute atomic E-state index is 0.180. The Bertz CT molecular complexity index is 1220. The molecule has 2 unspecified atom stereocenters. The fraction of sp³-hybridized carbons (Fsp3) is 0.484. The van der Waals surface area contributed by atoms with Gasteiger partial charge in [0.05, 0.1) is 41.3 Å². The molecule has 40 heavy (non-hydrogen) atoms. The van der Waals surface area contributed by atoms with Gasteiger partial charge in [-0.3, -0.25) is 14.5 Å². The molecule has 2 aromatic carbocycles. The number of morpholine rings is 1. The van der Waals surface area contributed by atoms with Gasteiger partial charge in [-0.1, -0.05) is 66.9 Å². The molecule has 2 aliphatic heterocycles. The number of hydrogen-bond acceptors (Lipinski definition) is 5. The second-order valence-electron chi connectivity index (χ2n) is 10.6. The van der Waals surface area contributed by atoms with Gasteiger partial charge >= 0.3 is 5.97 Å². The molecule has 2 N–H and O–H groups in total. The van der Waals surface area contributed by atoms with Crippen molar-refractivity contribution in [2.45, 2.75) is 51.0 Å². The van der Waals surface area contributed by atoms with Crippen molar-refractivity contribution in [1.82, 2.24) is 10.2 Å². The van der Waals surface area contributed by atoms with Crippen molar-refractivity contribution in [2.75, 3.05) is 46.1 Å². The largest absolute Gasteiger partial charge is 0.481 e. The van der Waals surface area contributed by atoms with Crippen LogP contribution in [0.2, 0.25) is 10.0 Å². The molecule has 0 spiro atoms. The van der Waals surface area contributed by atoms with Crippen molar-refractivity contribution in [3.05, 3.63) is 74.3 Å². The smallest absolute Gasteiger partial charge is 0.311 e. The summed E-state index contributed by atoms with van der Waals surface area (Å²) in [6.45, 7) is 8.55. The fourth-order valence-electron chi connectivity index (χ4n) is 5.40. The van der Waals surface area contributed by atoms with E-state index in [1.165, 1.54) is 0 Å². The predicted molar refractivity (Wildman–Crippen MR) is 158 cm³/mol. The summed E-state index contributed by atoms with van der Waals surface area (Å²) >= 11 is 12.7. The minimum atomic E-state index is -0.836. The standard InChI is InChI=1S/C31H38Cl2N2O5/c1-3-4-23(19-26-21(2)5-10-27(32)28(26)33)29(36)34-31(12-16-40-20-31)24-8-6-22(7-9-24)25(30(37)38)11-13-35-14-17-39-18-15-35/h5-10,19,25H,3-4,11-18,20H2,1-2H3,(H,34,36)(H,37,38)/b23-19+. The molecule has 2 atom stereocenters. The van der Waals surface area contributed by atoms with Gasteiger partial charge in [0.1, 0.15) is 0 Å². The average molecular weight is 590 g/mol. The highest BCUT2D eigenvalue weighted by molar-refractivity contribution is 6.43. The highest BCUT2D eigenvalue weighted by atomic mass is 35.5.